The number of hydrogen-bond acceptors (Lipinski definition) is 4. The van der Waals surface area contributed by atoms with Crippen molar-refractivity contribution < 1.29 is 14.3 Å². The van der Waals surface area contributed by atoms with Crippen LogP contribution in [-0.2, 0) is 6.54 Å². The Labute approximate surface area is 111 Å². The first-order valence-electron chi connectivity index (χ1n) is 5.89. The largest absolute Gasteiger partial charge is 0.475 e. The zero-order valence-corrected chi connectivity index (χ0v) is 10.9. The second kappa shape index (κ2) is 5.48. The van der Waals surface area contributed by atoms with Crippen molar-refractivity contribution in [3.8, 4) is 0 Å². The summed E-state index contributed by atoms with van der Waals surface area (Å²) in [5.41, 5.74) is 2.64. The van der Waals surface area contributed by atoms with E-state index in [0.717, 1.165) is 11.4 Å². The molecule has 0 radical (unpaired) electrons. The van der Waals surface area contributed by atoms with Gasteiger partial charge >= 0.3 is 5.97 Å². The maximum Gasteiger partial charge on any atom is 0.372 e. The van der Waals surface area contributed by atoms with Crippen LogP contribution in [0.15, 0.2) is 41.0 Å². The highest BCUT2D eigenvalue weighted by Gasteiger charge is 2.13. The van der Waals surface area contributed by atoms with Gasteiger partial charge in [0.05, 0.1) is 6.26 Å². The molecule has 5 nitrogen and oxygen atoms in total. The number of hydrogen-bond donors (Lipinski definition) is 2. The van der Waals surface area contributed by atoms with Gasteiger partial charge in [0.2, 0.25) is 5.76 Å². The normalized spacial score (nSPS) is 10.2. The highest BCUT2D eigenvalue weighted by molar-refractivity contribution is 5.86. The van der Waals surface area contributed by atoms with E-state index in [-0.39, 0.29) is 5.76 Å². The van der Waals surface area contributed by atoms with E-state index in [9.17, 15) is 4.79 Å². The van der Waals surface area contributed by atoms with Crippen LogP contribution < -0.4 is 10.2 Å². The Morgan fingerprint density at radius 3 is 2.84 bits per heavy atom. The van der Waals surface area contributed by atoms with Crippen LogP contribution in [0.4, 0.5) is 11.4 Å². The maximum atomic E-state index is 10.9. The molecule has 19 heavy (non-hydrogen) atoms. The van der Waals surface area contributed by atoms with Crippen molar-refractivity contribution in [3.05, 3.63) is 47.9 Å². The van der Waals surface area contributed by atoms with Gasteiger partial charge < -0.3 is 19.7 Å². The predicted molar refractivity (Wildman–Crippen MR) is 73.8 cm³/mol. The molecule has 1 aromatic heterocycles. The molecule has 2 rings (SSSR count). The van der Waals surface area contributed by atoms with Gasteiger partial charge in [-0.1, -0.05) is 6.07 Å². The number of anilines is 2. The average Bonchev–Trinajstić information content (AvgIpc) is 2.85. The maximum absolute atomic E-state index is 10.9. The highest BCUT2D eigenvalue weighted by Crippen LogP contribution is 2.19. The molecule has 0 aliphatic heterocycles. The summed E-state index contributed by atoms with van der Waals surface area (Å²) >= 11 is 0. The van der Waals surface area contributed by atoms with Crippen molar-refractivity contribution >= 4 is 17.3 Å². The van der Waals surface area contributed by atoms with Crippen molar-refractivity contribution in [2.24, 2.45) is 0 Å². The molecule has 0 aliphatic carbocycles. The lowest BCUT2D eigenvalue weighted by Crippen LogP contribution is -2.09. The Hall–Kier alpha value is -2.43. The fourth-order valence-electron chi connectivity index (χ4n) is 1.75. The third-order valence-corrected chi connectivity index (χ3v) is 2.79. The molecule has 5 heteroatoms. The Kier molecular flexibility index (Phi) is 3.75. The minimum absolute atomic E-state index is 0.0173. The Morgan fingerprint density at radius 2 is 2.16 bits per heavy atom. The quantitative estimate of drug-likeness (QED) is 0.865. The average molecular weight is 260 g/mol. The second-order valence-electron chi connectivity index (χ2n) is 4.38. The topological polar surface area (TPSA) is 65.7 Å². The Balaban J connectivity index is 2.08. The lowest BCUT2D eigenvalue weighted by Gasteiger charge is -2.14. The Morgan fingerprint density at radius 1 is 1.37 bits per heavy atom. The first-order valence-corrected chi connectivity index (χ1v) is 5.89. The third kappa shape index (κ3) is 3.07. The Bertz CT molecular complexity index is 576. The SMILES string of the molecule is CN(C)c1cccc(NCc2ccoc2C(=O)O)c1. The summed E-state index contributed by atoms with van der Waals surface area (Å²) in [5.74, 6) is -1.07. The van der Waals surface area contributed by atoms with Gasteiger partial charge in [-0.2, -0.15) is 0 Å². The molecular formula is C14H16N2O3. The van der Waals surface area contributed by atoms with E-state index in [0.29, 0.717) is 12.1 Å². The number of carbonyl (C=O) groups is 1. The van der Waals surface area contributed by atoms with E-state index in [2.05, 4.69) is 5.32 Å². The highest BCUT2D eigenvalue weighted by atomic mass is 16.4. The lowest BCUT2D eigenvalue weighted by molar-refractivity contribution is 0.0661. The van der Waals surface area contributed by atoms with Crippen LogP contribution in [0.3, 0.4) is 0 Å². The van der Waals surface area contributed by atoms with Gasteiger partial charge in [-0.25, -0.2) is 4.79 Å². The molecule has 0 amide bonds. The second-order valence-corrected chi connectivity index (χ2v) is 4.38. The van der Waals surface area contributed by atoms with Crippen LogP contribution in [-0.4, -0.2) is 25.2 Å². The third-order valence-electron chi connectivity index (χ3n) is 2.79. The van der Waals surface area contributed by atoms with E-state index in [1.54, 1.807) is 6.07 Å². The number of carboxylic acid groups (broad SMARTS) is 1. The first-order chi connectivity index (χ1) is 9.08. The smallest absolute Gasteiger partial charge is 0.372 e. The van der Waals surface area contributed by atoms with Crippen LogP contribution in [0.1, 0.15) is 16.1 Å². The summed E-state index contributed by atoms with van der Waals surface area (Å²) in [6.45, 7) is 0.412. The number of furan rings is 1. The van der Waals surface area contributed by atoms with Gasteiger partial charge in [0, 0.05) is 37.6 Å². The molecule has 100 valence electrons. The number of benzene rings is 1. The number of nitrogens with zero attached hydrogens (tertiary/aromatic N) is 1. The molecular weight excluding hydrogens is 244 g/mol. The van der Waals surface area contributed by atoms with Crippen molar-refractivity contribution in [2.75, 3.05) is 24.3 Å². The number of rotatable bonds is 5. The monoisotopic (exact) mass is 260 g/mol. The molecule has 0 aliphatic rings. The van der Waals surface area contributed by atoms with Gasteiger partial charge in [-0.3, -0.25) is 0 Å². The number of carboxylic acids is 1. The minimum Gasteiger partial charge on any atom is -0.475 e. The van der Waals surface area contributed by atoms with Crippen LogP contribution in [0.25, 0.3) is 0 Å². The van der Waals surface area contributed by atoms with E-state index in [1.165, 1.54) is 6.26 Å². The zero-order chi connectivity index (χ0) is 13.8. The van der Waals surface area contributed by atoms with Gasteiger partial charge in [0.15, 0.2) is 0 Å². The number of nitrogens with one attached hydrogen (secondary N) is 1. The molecule has 0 spiro atoms. The van der Waals surface area contributed by atoms with Crippen LogP contribution in [0.2, 0.25) is 0 Å². The lowest BCUT2D eigenvalue weighted by atomic mass is 10.2. The molecule has 2 aromatic rings. The molecule has 0 bridgehead atoms. The fourth-order valence-corrected chi connectivity index (χ4v) is 1.75. The molecule has 0 atom stereocenters. The number of aromatic carboxylic acids is 1. The van der Waals surface area contributed by atoms with E-state index >= 15 is 0 Å². The summed E-state index contributed by atoms with van der Waals surface area (Å²) in [4.78, 5) is 12.9. The standard InChI is InChI=1S/C14H16N2O3/c1-16(2)12-5-3-4-11(8-12)15-9-10-6-7-19-13(10)14(17)18/h3-8,15H,9H2,1-2H3,(H,17,18). The van der Waals surface area contributed by atoms with Crippen LogP contribution in [0, 0.1) is 0 Å². The molecule has 0 saturated carbocycles. The van der Waals surface area contributed by atoms with Crippen LogP contribution in [0.5, 0.6) is 0 Å². The summed E-state index contributed by atoms with van der Waals surface area (Å²) in [7, 11) is 3.94. The predicted octanol–water partition coefficient (Wildman–Crippen LogP) is 2.66. The van der Waals surface area contributed by atoms with E-state index in [4.69, 9.17) is 9.52 Å². The summed E-state index contributed by atoms with van der Waals surface area (Å²) in [6, 6.07) is 9.55. The summed E-state index contributed by atoms with van der Waals surface area (Å²) in [6.07, 6.45) is 1.39. The molecule has 2 N–H and O–H groups in total. The van der Waals surface area contributed by atoms with E-state index < -0.39 is 5.97 Å². The zero-order valence-electron chi connectivity index (χ0n) is 10.9. The van der Waals surface area contributed by atoms with Gasteiger partial charge in [-0.15, -0.1) is 0 Å². The van der Waals surface area contributed by atoms with Gasteiger partial charge in [0.1, 0.15) is 0 Å². The van der Waals surface area contributed by atoms with Crippen LogP contribution >= 0.6 is 0 Å². The summed E-state index contributed by atoms with van der Waals surface area (Å²) in [5, 5.41) is 12.1. The molecule has 0 saturated heterocycles. The molecule has 1 heterocycles. The van der Waals surface area contributed by atoms with E-state index in [1.807, 2.05) is 43.3 Å². The molecule has 0 fully saturated rings. The molecule has 1 aromatic carbocycles. The summed E-state index contributed by atoms with van der Waals surface area (Å²) < 4.78 is 4.93. The van der Waals surface area contributed by atoms with Gasteiger partial charge in [-0.05, 0) is 24.3 Å². The molecule has 0 unspecified atom stereocenters. The first kappa shape index (κ1) is 13.0. The van der Waals surface area contributed by atoms with Gasteiger partial charge in [0.25, 0.3) is 0 Å². The van der Waals surface area contributed by atoms with Crippen molar-refractivity contribution in [3.63, 3.8) is 0 Å². The van der Waals surface area contributed by atoms with Crippen molar-refractivity contribution in [1.29, 1.82) is 0 Å². The minimum atomic E-state index is -1.05. The van der Waals surface area contributed by atoms with Crippen molar-refractivity contribution in [2.45, 2.75) is 6.54 Å². The van der Waals surface area contributed by atoms with Crippen molar-refractivity contribution in [1.82, 2.24) is 0 Å². The fraction of sp³-hybridized carbons (Fsp3) is 0.214.